The Morgan fingerprint density at radius 1 is 1.30 bits per heavy atom. The molecule has 1 aromatic heterocycles. The van der Waals surface area contributed by atoms with Gasteiger partial charge in [-0.15, -0.1) is 11.3 Å². The van der Waals surface area contributed by atoms with Crippen LogP contribution in [-0.2, 0) is 0 Å². The SMILES string of the molecule is Cc1ccc(C#CCO)c(NC(=O)c2ccc(C)s2)c1. The van der Waals surface area contributed by atoms with E-state index >= 15 is 0 Å². The molecule has 0 saturated carbocycles. The number of carbonyl (C=O) groups excluding carboxylic acids is 1. The van der Waals surface area contributed by atoms with Gasteiger partial charge in [0.2, 0.25) is 0 Å². The number of hydrogen-bond donors (Lipinski definition) is 2. The molecule has 2 rings (SSSR count). The Morgan fingerprint density at radius 3 is 2.75 bits per heavy atom. The molecular weight excluding hydrogens is 270 g/mol. The van der Waals surface area contributed by atoms with Gasteiger partial charge in [-0.1, -0.05) is 17.9 Å². The van der Waals surface area contributed by atoms with Crippen molar-refractivity contribution in [2.45, 2.75) is 13.8 Å². The number of thiophene rings is 1. The van der Waals surface area contributed by atoms with Crippen LogP contribution in [0.2, 0.25) is 0 Å². The fourth-order valence-corrected chi connectivity index (χ4v) is 2.51. The van der Waals surface area contributed by atoms with Crippen LogP contribution in [0.1, 0.15) is 25.7 Å². The molecule has 0 fully saturated rings. The summed E-state index contributed by atoms with van der Waals surface area (Å²) in [7, 11) is 0. The van der Waals surface area contributed by atoms with Gasteiger partial charge >= 0.3 is 0 Å². The Morgan fingerprint density at radius 2 is 2.10 bits per heavy atom. The lowest BCUT2D eigenvalue weighted by Crippen LogP contribution is -2.11. The molecule has 1 heterocycles. The van der Waals surface area contributed by atoms with Crippen LogP contribution in [0.15, 0.2) is 30.3 Å². The maximum atomic E-state index is 12.2. The molecule has 0 unspecified atom stereocenters. The van der Waals surface area contributed by atoms with E-state index in [1.54, 1.807) is 0 Å². The quantitative estimate of drug-likeness (QED) is 0.833. The summed E-state index contributed by atoms with van der Waals surface area (Å²) in [4.78, 5) is 13.9. The van der Waals surface area contributed by atoms with Crippen LogP contribution in [0.25, 0.3) is 0 Å². The summed E-state index contributed by atoms with van der Waals surface area (Å²) < 4.78 is 0. The van der Waals surface area contributed by atoms with Gasteiger partial charge in [-0.2, -0.15) is 0 Å². The molecule has 0 atom stereocenters. The lowest BCUT2D eigenvalue weighted by Gasteiger charge is -2.07. The van der Waals surface area contributed by atoms with Gasteiger partial charge < -0.3 is 10.4 Å². The van der Waals surface area contributed by atoms with E-state index in [0.717, 1.165) is 10.4 Å². The number of nitrogens with one attached hydrogen (secondary N) is 1. The molecule has 0 aliphatic rings. The van der Waals surface area contributed by atoms with Crippen LogP contribution >= 0.6 is 11.3 Å². The first-order valence-electron chi connectivity index (χ1n) is 6.18. The van der Waals surface area contributed by atoms with E-state index in [0.29, 0.717) is 16.1 Å². The van der Waals surface area contributed by atoms with Crippen LogP contribution in [0, 0.1) is 25.7 Å². The second-order valence-electron chi connectivity index (χ2n) is 4.37. The highest BCUT2D eigenvalue weighted by Crippen LogP contribution is 2.20. The predicted molar refractivity (Wildman–Crippen MR) is 82.2 cm³/mol. The standard InChI is InChI=1S/C16H15NO2S/c1-11-5-7-13(4-3-9-18)14(10-11)17-16(19)15-8-6-12(2)20-15/h5-8,10,18H,9H2,1-2H3,(H,17,19). The van der Waals surface area contributed by atoms with Crippen LogP contribution in [0.4, 0.5) is 5.69 Å². The number of carbonyl (C=O) groups is 1. The second-order valence-corrected chi connectivity index (χ2v) is 5.66. The number of aliphatic hydroxyl groups excluding tert-OH is 1. The number of aryl methyl sites for hydroxylation is 2. The zero-order valence-electron chi connectivity index (χ0n) is 11.4. The van der Waals surface area contributed by atoms with E-state index in [-0.39, 0.29) is 12.5 Å². The molecule has 0 bridgehead atoms. The molecular formula is C16H15NO2S. The molecule has 0 aliphatic heterocycles. The van der Waals surface area contributed by atoms with Crippen LogP contribution < -0.4 is 5.32 Å². The largest absolute Gasteiger partial charge is 0.384 e. The minimum Gasteiger partial charge on any atom is -0.384 e. The van der Waals surface area contributed by atoms with Crippen molar-refractivity contribution in [1.29, 1.82) is 0 Å². The van der Waals surface area contributed by atoms with Gasteiger partial charge in [-0.25, -0.2) is 0 Å². The first-order valence-corrected chi connectivity index (χ1v) is 7.00. The van der Waals surface area contributed by atoms with Gasteiger partial charge in [0.05, 0.1) is 10.6 Å². The minimum absolute atomic E-state index is 0.138. The summed E-state index contributed by atoms with van der Waals surface area (Å²) in [5.41, 5.74) is 2.41. The van der Waals surface area contributed by atoms with E-state index < -0.39 is 0 Å². The van der Waals surface area contributed by atoms with Gasteiger partial charge in [-0.05, 0) is 43.7 Å². The van der Waals surface area contributed by atoms with Crippen LogP contribution in [0.3, 0.4) is 0 Å². The Hall–Kier alpha value is -2.09. The first kappa shape index (κ1) is 14.3. The summed E-state index contributed by atoms with van der Waals surface area (Å²) in [5, 5.41) is 11.7. The van der Waals surface area contributed by atoms with Crippen molar-refractivity contribution in [2.75, 3.05) is 11.9 Å². The topological polar surface area (TPSA) is 49.3 Å². The van der Waals surface area contributed by atoms with Gasteiger partial charge in [0.25, 0.3) is 5.91 Å². The van der Waals surface area contributed by atoms with Gasteiger partial charge in [-0.3, -0.25) is 4.79 Å². The van der Waals surface area contributed by atoms with Crippen LogP contribution in [-0.4, -0.2) is 17.6 Å². The van der Waals surface area contributed by atoms with Crippen molar-refractivity contribution in [1.82, 2.24) is 0 Å². The fourth-order valence-electron chi connectivity index (χ4n) is 1.75. The van der Waals surface area contributed by atoms with E-state index in [9.17, 15) is 4.79 Å². The highest BCUT2D eigenvalue weighted by molar-refractivity contribution is 7.14. The van der Waals surface area contributed by atoms with Crippen molar-refractivity contribution in [3.63, 3.8) is 0 Å². The molecule has 102 valence electrons. The van der Waals surface area contributed by atoms with Crippen molar-refractivity contribution >= 4 is 22.9 Å². The lowest BCUT2D eigenvalue weighted by atomic mass is 10.1. The van der Waals surface area contributed by atoms with Gasteiger partial charge in [0.1, 0.15) is 6.61 Å². The van der Waals surface area contributed by atoms with E-state index in [1.165, 1.54) is 11.3 Å². The van der Waals surface area contributed by atoms with Crippen molar-refractivity contribution in [2.24, 2.45) is 0 Å². The van der Waals surface area contributed by atoms with Crippen molar-refractivity contribution < 1.29 is 9.90 Å². The number of benzene rings is 1. The monoisotopic (exact) mass is 285 g/mol. The summed E-state index contributed by atoms with van der Waals surface area (Å²) in [6, 6.07) is 9.37. The summed E-state index contributed by atoms with van der Waals surface area (Å²) in [5.74, 6) is 5.30. The number of hydrogen-bond acceptors (Lipinski definition) is 3. The molecule has 2 N–H and O–H groups in total. The Bertz CT molecular complexity index is 692. The Labute approximate surface area is 122 Å². The lowest BCUT2D eigenvalue weighted by molar-refractivity contribution is 0.103. The molecule has 0 saturated heterocycles. The molecule has 0 spiro atoms. The first-order chi connectivity index (χ1) is 9.60. The number of anilines is 1. The maximum absolute atomic E-state index is 12.2. The fraction of sp³-hybridized carbons (Fsp3) is 0.188. The molecule has 4 heteroatoms. The maximum Gasteiger partial charge on any atom is 0.265 e. The molecule has 1 amide bonds. The Balaban J connectivity index is 2.28. The van der Waals surface area contributed by atoms with Crippen molar-refractivity contribution in [3.05, 3.63) is 51.2 Å². The smallest absolute Gasteiger partial charge is 0.265 e. The third-order valence-electron chi connectivity index (χ3n) is 2.69. The van der Waals surface area contributed by atoms with Crippen molar-refractivity contribution in [3.8, 4) is 11.8 Å². The average molecular weight is 285 g/mol. The second kappa shape index (κ2) is 6.38. The zero-order valence-corrected chi connectivity index (χ0v) is 12.2. The van der Waals surface area contributed by atoms with Crippen LogP contribution in [0.5, 0.6) is 0 Å². The number of rotatable bonds is 2. The number of amides is 1. The molecule has 20 heavy (non-hydrogen) atoms. The molecule has 2 aromatic rings. The molecule has 1 aromatic carbocycles. The summed E-state index contributed by atoms with van der Waals surface area (Å²) in [6.07, 6.45) is 0. The highest BCUT2D eigenvalue weighted by Gasteiger charge is 2.10. The molecule has 0 aliphatic carbocycles. The highest BCUT2D eigenvalue weighted by atomic mass is 32.1. The molecule has 3 nitrogen and oxygen atoms in total. The number of aliphatic hydroxyl groups is 1. The zero-order chi connectivity index (χ0) is 14.5. The third kappa shape index (κ3) is 3.47. The minimum atomic E-state index is -0.203. The summed E-state index contributed by atoms with van der Waals surface area (Å²) in [6.45, 7) is 3.71. The van der Waals surface area contributed by atoms with Gasteiger partial charge in [0.15, 0.2) is 0 Å². The third-order valence-corrected chi connectivity index (χ3v) is 3.69. The normalized spacial score (nSPS) is 9.75. The predicted octanol–water partition coefficient (Wildman–Crippen LogP) is 2.96. The molecule has 0 radical (unpaired) electrons. The summed E-state index contributed by atoms with van der Waals surface area (Å²) >= 11 is 1.45. The van der Waals surface area contributed by atoms with E-state index in [1.807, 2.05) is 44.2 Å². The van der Waals surface area contributed by atoms with E-state index in [2.05, 4.69) is 17.2 Å². The van der Waals surface area contributed by atoms with Gasteiger partial charge in [0, 0.05) is 10.4 Å². The average Bonchev–Trinajstić information content (AvgIpc) is 2.85. The van der Waals surface area contributed by atoms with E-state index in [4.69, 9.17) is 5.11 Å². The Kier molecular flexibility index (Phi) is 4.57.